The summed E-state index contributed by atoms with van der Waals surface area (Å²) in [5, 5.41) is 10.8. The summed E-state index contributed by atoms with van der Waals surface area (Å²) in [6, 6.07) is 0. The summed E-state index contributed by atoms with van der Waals surface area (Å²) in [5.41, 5.74) is 0. The number of alkyl halides is 2. The Morgan fingerprint density at radius 3 is 2.65 bits per heavy atom. The van der Waals surface area contributed by atoms with Gasteiger partial charge in [-0.3, -0.25) is 0 Å². The van der Waals surface area contributed by atoms with E-state index in [0.717, 1.165) is 13.1 Å². The predicted octanol–water partition coefficient (Wildman–Crippen LogP) is 1.05. The van der Waals surface area contributed by atoms with Crippen molar-refractivity contribution in [1.29, 1.82) is 0 Å². The van der Waals surface area contributed by atoms with Gasteiger partial charge in [-0.2, -0.15) is 0 Å². The topological polar surface area (TPSA) is 60.2 Å². The summed E-state index contributed by atoms with van der Waals surface area (Å²) < 4.78 is 33.5. The lowest BCUT2D eigenvalue weighted by molar-refractivity contribution is 0.0173. The molecule has 7 heteroatoms. The SMILES string of the molecule is CCNCCc1nnc(CCOCC(F)F)o1. The molecule has 0 radical (unpaired) electrons. The zero-order valence-corrected chi connectivity index (χ0v) is 9.79. The van der Waals surface area contributed by atoms with Gasteiger partial charge in [-0.15, -0.1) is 10.2 Å². The van der Waals surface area contributed by atoms with E-state index in [-0.39, 0.29) is 6.61 Å². The van der Waals surface area contributed by atoms with Gasteiger partial charge in [0.05, 0.1) is 6.61 Å². The molecule has 98 valence electrons. The Balaban J connectivity index is 2.16. The van der Waals surface area contributed by atoms with Crippen molar-refractivity contribution in [1.82, 2.24) is 15.5 Å². The number of hydrogen-bond donors (Lipinski definition) is 1. The number of rotatable bonds is 9. The smallest absolute Gasteiger partial charge is 0.261 e. The Morgan fingerprint density at radius 2 is 2.00 bits per heavy atom. The number of nitrogens with zero attached hydrogens (tertiary/aromatic N) is 2. The standard InChI is InChI=1S/C10H17F2N3O2/c1-2-13-5-3-9-14-15-10(17-9)4-6-16-7-8(11)12/h8,13H,2-7H2,1H3. The van der Waals surface area contributed by atoms with E-state index < -0.39 is 13.0 Å². The minimum absolute atomic E-state index is 0.166. The van der Waals surface area contributed by atoms with Crippen LogP contribution in [-0.4, -0.2) is 42.9 Å². The van der Waals surface area contributed by atoms with Crippen LogP contribution in [0.5, 0.6) is 0 Å². The number of hydrogen-bond acceptors (Lipinski definition) is 5. The molecule has 17 heavy (non-hydrogen) atoms. The molecule has 0 atom stereocenters. The molecule has 0 aliphatic rings. The van der Waals surface area contributed by atoms with Crippen LogP contribution in [0, 0.1) is 0 Å². The lowest BCUT2D eigenvalue weighted by Gasteiger charge is -2.00. The molecule has 0 aromatic carbocycles. The highest BCUT2D eigenvalue weighted by Crippen LogP contribution is 2.02. The third kappa shape index (κ3) is 6.28. The first-order valence-electron chi connectivity index (χ1n) is 5.60. The van der Waals surface area contributed by atoms with Gasteiger partial charge in [-0.25, -0.2) is 8.78 Å². The summed E-state index contributed by atoms with van der Waals surface area (Å²) in [6.07, 6.45) is -1.41. The second-order valence-electron chi connectivity index (χ2n) is 3.41. The molecular weight excluding hydrogens is 232 g/mol. The predicted molar refractivity (Wildman–Crippen MR) is 57.1 cm³/mol. The fourth-order valence-corrected chi connectivity index (χ4v) is 1.19. The van der Waals surface area contributed by atoms with Crippen molar-refractivity contribution in [2.75, 3.05) is 26.3 Å². The Kier molecular flexibility index (Phi) is 6.64. The van der Waals surface area contributed by atoms with E-state index in [0.29, 0.717) is 24.6 Å². The van der Waals surface area contributed by atoms with Crippen LogP contribution in [0.25, 0.3) is 0 Å². The molecule has 0 saturated carbocycles. The van der Waals surface area contributed by atoms with Gasteiger partial charge >= 0.3 is 0 Å². The maximum atomic E-state index is 11.8. The van der Waals surface area contributed by atoms with Gasteiger partial charge in [-0.1, -0.05) is 6.92 Å². The molecular formula is C10H17F2N3O2. The number of aromatic nitrogens is 2. The van der Waals surface area contributed by atoms with Crippen molar-refractivity contribution in [3.05, 3.63) is 11.8 Å². The summed E-state index contributed by atoms with van der Waals surface area (Å²) in [6.45, 7) is 3.29. The number of likely N-dealkylation sites (N-methyl/N-ethyl adjacent to an activating group) is 1. The van der Waals surface area contributed by atoms with Crippen LogP contribution in [0.1, 0.15) is 18.7 Å². The number of halogens is 2. The maximum absolute atomic E-state index is 11.8. The molecule has 0 saturated heterocycles. The minimum Gasteiger partial charge on any atom is -0.425 e. The zero-order chi connectivity index (χ0) is 12.5. The molecule has 1 N–H and O–H groups in total. The van der Waals surface area contributed by atoms with E-state index in [4.69, 9.17) is 9.15 Å². The molecule has 1 rings (SSSR count). The zero-order valence-electron chi connectivity index (χ0n) is 9.79. The first kappa shape index (κ1) is 14.0. The molecule has 1 aromatic rings. The van der Waals surface area contributed by atoms with Crippen LogP contribution >= 0.6 is 0 Å². The van der Waals surface area contributed by atoms with Crippen molar-refractivity contribution in [3.8, 4) is 0 Å². The fraction of sp³-hybridized carbons (Fsp3) is 0.800. The molecule has 0 fully saturated rings. The van der Waals surface area contributed by atoms with Crippen molar-refractivity contribution in [2.45, 2.75) is 26.2 Å². The lowest BCUT2D eigenvalue weighted by atomic mass is 10.4. The van der Waals surface area contributed by atoms with E-state index in [1.54, 1.807) is 0 Å². The minimum atomic E-state index is -2.44. The first-order valence-corrected chi connectivity index (χ1v) is 5.60. The monoisotopic (exact) mass is 249 g/mol. The van der Waals surface area contributed by atoms with Crippen molar-refractivity contribution >= 4 is 0 Å². The Hall–Kier alpha value is -1.08. The Morgan fingerprint density at radius 1 is 1.29 bits per heavy atom. The van der Waals surface area contributed by atoms with Crippen LogP contribution in [0.15, 0.2) is 4.42 Å². The van der Waals surface area contributed by atoms with E-state index in [2.05, 4.69) is 15.5 Å². The Bertz CT molecular complexity index is 307. The van der Waals surface area contributed by atoms with Gasteiger partial charge in [0.25, 0.3) is 6.43 Å². The van der Waals surface area contributed by atoms with Crippen LogP contribution in [0.3, 0.4) is 0 Å². The van der Waals surface area contributed by atoms with Crippen molar-refractivity contribution in [2.24, 2.45) is 0 Å². The highest BCUT2D eigenvalue weighted by Gasteiger charge is 2.07. The Labute approximate surface area is 98.5 Å². The van der Waals surface area contributed by atoms with Crippen molar-refractivity contribution < 1.29 is 17.9 Å². The van der Waals surface area contributed by atoms with Gasteiger partial charge in [0.1, 0.15) is 6.61 Å². The van der Waals surface area contributed by atoms with Gasteiger partial charge in [-0.05, 0) is 6.54 Å². The second-order valence-corrected chi connectivity index (χ2v) is 3.41. The van der Waals surface area contributed by atoms with Gasteiger partial charge in [0, 0.05) is 19.4 Å². The van der Waals surface area contributed by atoms with Gasteiger partial charge in [0.15, 0.2) is 0 Å². The van der Waals surface area contributed by atoms with Gasteiger partial charge < -0.3 is 14.5 Å². The van der Waals surface area contributed by atoms with Gasteiger partial charge in [0.2, 0.25) is 11.8 Å². The van der Waals surface area contributed by atoms with Crippen LogP contribution in [0.4, 0.5) is 8.78 Å². The first-order chi connectivity index (χ1) is 8.22. The number of ether oxygens (including phenoxy) is 1. The average molecular weight is 249 g/mol. The van der Waals surface area contributed by atoms with Crippen LogP contribution in [-0.2, 0) is 17.6 Å². The summed E-state index contributed by atoms with van der Waals surface area (Å²) >= 11 is 0. The van der Waals surface area contributed by atoms with E-state index >= 15 is 0 Å². The molecule has 0 unspecified atom stereocenters. The third-order valence-electron chi connectivity index (χ3n) is 1.98. The van der Waals surface area contributed by atoms with Crippen LogP contribution < -0.4 is 5.32 Å². The highest BCUT2D eigenvalue weighted by molar-refractivity contribution is 4.82. The largest absolute Gasteiger partial charge is 0.425 e. The molecule has 0 spiro atoms. The molecule has 0 aliphatic carbocycles. The molecule has 0 amide bonds. The molecule has 0 aliphatic heterocycles. The van der Waals surface area contributed by atoms with Crippen molar-refractivity contribution in [3.63, 3.8) is 0 Å². The molecule has 1 heterocycles. The lowest BCUT2D eigenvalue weighted by Crippen LogP contribution is -2.16. The van der Waals surface area contributed by atoms with E-state index in [1.807, 2.05) is 6.92 Å². The quantitative estimate of drug-likeness (QED) is 0.663. The average Bonchev–Trinajstić information content (AvgIpc) is 2.73. The summed E-state index contributed by atoms with van der Waals surface area (Å²) in [5.74, 6) is 0.973. The van der Waals surface area contributed by atoms with E-state index in [9.17, 15) is 8.78 Å². The molecule has 1 aromatic heterocycles. The maximum Gasteiger partial charge on any atom is 0.261 e. The van der Waals surface area contributed by atoms with E-state index in [1.165, 1.54) is 0 Å². The van der Waals surface area contributed by atoms with Crippen LogP contribution in [0.2, 0.25) is 0 Å². The fourth-order valence-electron chi connectivity index (χ4n) is 1.19. The third-order valence-corrected chi connectivity index (χ3v) is 1.98. The summed E-state index contributed by atoms with van der Waals surface area (Å²) in [4.78, 5) is 0. The normalized spacial score (nSPS) is 11.3. The summed E-state index contributed by atoms with van der Waals surface area (Å²) in [7, 11) is 0. The molecule has 5 nitrogen and oxygen atoms in total. The molecule has 0 bridgehead atoms. The highest BCUT2D eigenvalue weighted by atomic mass is 19.3. The number of nitrogens with one attached hydrogen (secondary N) is 1. The second kappa shape index (κ2) is 8.08.